The highest BCUT2D eigenvalue weighted by atomic mass is 79.9. The van der Waals surface area contributed by atoms with Gasteiger partial charge >= 0.3 is 0 Å². The lowest BCUT2D eigenvalue weighted by molar-refractivity contribution is 0.0343. The number of alkyl halides is 1. The zero-order valence-electron chi connectivity index (χ0n) is 10.1. The van der Waals surface area contributed by atoms with Crippen LogP contribution in [0.5, 0.6) is 0 Å². The molecule has 0 saturated carbocycles. The molecule has 5 heteroatoms. The number of morpholine rings is 1. The first-order valence-corrected chi connectivity index (χ1v) is 7.19. The number of aliphatic hydroxyl groups excluding tert-OH is 2. The molecule has 0 amide bonds. The number of hydrogen-bond acceptors (Lipinski definition) is 4. The Hall–Kier alpha value is -0.620. The molecule has 1 aliphatic rings. The van der Waals surface area contributed by atoms with Crippen LogP contribution in [0.15, 0.2) is 24.3 Å². The Balaban J connectivity index is 2.04. The minimum Gasteiger partial charge on any atom is -0.389 e. The van der Waals surface area contributed by atoms with Gasteiger partial charge in [-0.25, -0.2) is 0 Å². The first-order chi connectivity index (χ1) is 8.72. The number of aliphatic hydroxyl groups is 2. The van der Waals surface area contributed by atoms with Crippen molar-refractivity contribution in [3.05, 3.63) is 29.8 Å². The molecule has 0 spiro atoms. The Labute approximate surface area is 115 Å². The predicted octanol–water partition coefficient (Wildman–Crippen LogP) is 1.31. The summed E-state index contributed by atoms with van der Waals surface area (Å²) >= 11 is 3.16. The topological polar surface area (TPSA) is 52.9 Å². The summed E-state index contributed by atoms with van der Waals surface area (Å²) in [4.78, 5) is 2.25. The van der Waals surface area contributed by atoms with Crippen LogP contribution in [-0.4, -0.2) is 48.0 Å². The van der Waals surface area contributed by atoms with E-state index in [1.54, 1.807) is 0 Å². The molecule has 4 nitrogen and oxygen atoms in total. The van der Waals surface area contributed by atoms with Crippen molar-refractivity contribution in [2.45, 2.75) is 12.2 Å². The molecular weight excluding hydrogens is 298 g/mol. The van der Waals surface area contributed by atoms with Gasteiger partial charge in [-0.2, -0.15) is 0 Å². The van der Waals surface area contributed by atoms with Crippen LogP contribution in [0.3, 0.4) is 0 Å². The molecule has 2 unspecified atom stereocenters. The Morgan fingerprint density at radius 2 is 1.78 bits per heavy atom. The van der Waals surface area contributed by atoms with Crippen LogP contribution in [0.25, 0.3) is 0 Å². The van der Waals surface area contributed by atoms with Crippen molar-refractivity contribution in [1.82, 2.24) is 0 Å². The lowest BCUT2D eigenvalue weighted by Gasteiger charge is -2.29. The van der Waals surface area contributed by atoms with Gasteiger partial charge < -0.3 is 19.8 Å². The standard InChI is InChI=1S/C13H18BrNO3/c14-9-12(16)13(17)10-1-3-11(4-2-10)15-5-7-18-8-6-15/h1-4,12-13,16-17H,5-9H2. The minimum atomic E-state index is -0.844. The zero-order chi connectivity index (χ0) is 13.0. The third-order valence-electron chi connectivity index (χ3n) is 3.13. The number of benzene rings is 1. The van der Waals surface area contributed by atoms with Crippen molar-refractivity contribution in [3.8, 4) is 0 Å². The van der Waals surface area contributed by atoms with Gasteiger partial charge in [0, 0.05) is 24.1 Å². The monoisotopic (exact) mass is 315 g/mol. The van der Waals surface area contributed by atoms with Crippen molar-refractivity contribution < 1.29 is 14.9 Å². The largest absolute Gasteiger partial charge is 0.389 e. The molecule has 1 aromatic carbocycles. The van der Waals surface area contributed by atoms with E-state index in [1.165, 1.54) is 0 Å². The van der Waals surface area contributed by atoms with Gasteiger partial charge in [-0.3, -0.25) is 0 Å². The Bertz CT molecular complexity index is 344. The number of nitrogens with zero attached hydrogens (tertiary/aromatic N) is 1. The summed E-state index contributed by atoms with van der Waals surface area (Å²) in [5.41, 5.74) is 1.86. The summed E-state index contributed by atoms with van der Waals surface area (Å²) in [5, 5.41) is 19.8. The molecule has 0 bridgehead atoms. The lowest BCUT2D eigenvalue weighted by Crippen LogP contribution is -2.36. The van der Waals surface area contributed by atoms with E-state index in [0.29, 0.717) is 5.33 Å². The van der Waals surface area contributed by atoms with Gasteiger partial charge in [0.2, 0.25) is 0 Å². The second-order valence-corrected chi connectivity index (χ2v) is 5.00. The first-order valence-electron chi connectivity index (χ1n) is 6.07. The maximum atomic E-state index is 9.88. The molecule has 1 saturated heterocycles. The summed E-state index contributed by atoms with van der Waals surface area (Å²) in [6.45, 7) is 3.30. The molecular formula is C13H18BrNO3. The number of halogens is 1. The highest BCUT2D eigenvalue weighted by Gasteiger charge is 2.17. The summed E-state index contributed by atoms with van der Waals surface area (Å²) < 4.78 is 5.31. The molecule has 2 atom stereocenters. The highest BCUT2D eigenvalue weighted by molar-refractivity contribution is 9.09. The van der Waals surface area contributed by atoms with E-state index in [9.17, 15) is 10.2 Å². The Morgan fingerprint density at radius 3 is 2.33 bits per heavy atom. The smallest absolute Gasteiger partial charge is 0.106 e. The Morgan fingerprint density at radius 1 is 1.17 bits per heavy atom. The molecule has 100 valence electrons. The maximum absolute atomic E-state index is 9.88. The summed E-state index contributed by atoms with van der Waals surface area (Å²) in [5.74, 6) is 0. The molecule has 0 aromatic heterocycles. The van der Waals surface area contributed by atoms with E-state index in [0.717, 1.165) is 37.6 Å². The lowest BCUT2D eigenvalue weighted by atomic mass is 10.0. The molecule has 2 rings (SSSR count). The fourth-order valence-corrected chi connectivity index (χ4v) is 2.36. The molecule has 1 aromatic rings. The third kappa shape index (κ3) is 3.23. The summed E-state index contributed by atoms with van der Waals surface area (Å²) in [6.07, 6.45) is -1.62. The third-order valence-corrected chi connectivity index (χ3v) is 3.80. The number of hydrogen-bond donors (Lipinski definition) is 2. The van der Waals surface area contributed by atoms with Gasteiger partial charge in [0.25, 0.3) is 0 Å². The first kappa shape index (κ1) is 13.8. The molecule has 1 fully saturated rings. The van der Waals surface area contributed by atoms with Crippen LogP contribution in [0, 0.1) is 0 Å². The molecule has 1 aliphatic heterocycles. The van der Waals surface area contributed by atoms with Gasteiger partial charge in [0.1, 0.15) is 6.10 Å². The van der Waals surface area contributed by atoms with Crippen LogP contribution >= 0.6 is 15.9 Å². The predicted molar refractivity (Wildman–Crippen MR) is 74.2 cm³/mol. The highest BCUT2D eigenvalue weighted by Crippen LogP contribution is 2.22. The molecule has 2 N–H and O–H groups in total. The van der Waals surface area contributed by atoms with Crippen molar-refractivity contribution in [2.24, 2.45) is 0 Å². The van der Waals surface area contributed by atoms with Crippen LogP contribution in [-0.2, 0) is 4.74 Å². The van der Waals surface area contributed by atoms with E-state index in [-0.39, 0.29) is 0 Å². The van der Waals surface area contributed by atoms with E-state index in [4.69, 9.17) is 4.74 Å². The average Bonchev–Trinajstić information content (AvgIpc) is 2.47. The van der Waals surface area contributed by atoms with Gasteiger partial charge in [-0.1, -0.05) is 28.1 Å². The van der Waals surface area contributed by atoms with Crippen LogP contribution in [0.2, 0.25) is 0 Å². The van der Waals surface area contributed by atoms with Crippen molar-refractivity contribution in [2.75, 3.05) is 36.5 Å². The van der Waals surface area contributed by atoms with E-state index in [2.05, 4.69) is 20.8 Å². The van der Waals surface area contributed by atoms with Crippen LogP contribution < -0.4 is 4.90 Å². The zero-order valence-corrected chi connectivity index (χ0v) is 11.7. The minimum absolute atomic E-state index is 0.360. The van der Waals surface area contributed by atoms with Gasteiger partial charge in [-0.15, -0.1) is 0 Å². The summed E-state index contributed by atoms with van der Waals surface area (Å²) in [6, 6.07) is 7.68. The van der Waals surface area contributed by atoms with Crippen LogP contribution in [0.4, 0.5) is 5.69 Å². The van der Waals surface area contributed by atoms with E-state index >= 15 is 0 Å². The van der Waals surface area contributed by atoms with Gasteiger partial charge in [0.15, 0.2) is 0 Å². The quantitative estimate of drug-likeness (QED) is 0.823. The molecule has 1 heterocycles. The normalized spacial score (nSPS) is 19.6. The van der Waals surface area contributed by atoms with Crippen molar-refractivity contribution >= 4 is 21.6 Å². The van der Waals surface area contributed by atoms with Crippen molar-refractivity contribution in [3.63, 3.8) is 0 Å². The van der Waals surface area contributed by atoms with Crippen molar-refractivity contribution in [1.29, 1.82) is 0 Å². The molecule has 18 heavy (non-hydrogen) atoms. The van der Waals surface area contributed by atoms with Gasteiger partial charge in [0.05, 0.1) is 19.3 Å². The number of rotatable bonds is 4. The van der Waals surface area contributed by atoms with Crippen LogP contribution in [0.1, 0.15) is 11.7 Å². The van der Waals surface area contributed by atoms with Gasteiger partial charge in [-0.05, 0) is 17.7 Å². The molecule has 0 radical (unpaired) electrons. The second kappa shape index (κ2) is 6.52. The number of anilines is 1. The average molecular weight is 316 g/mol. The van der Waals surface area contributed by atoms with E-state index < -0.39 is 12.2 Å². The SMILES string of the molecule is OC(CBr)C(O)c1ccc(N2CCOCC2)cc1. The second-order valence-electron chi connectivity index (χ2n) is 4.36. The maximum Gasteiger partial charge on any atom is 0.106 e. The Kier molecular flexibility index (Phi) is 5.00. The van der Waals surface area contributed by atoms with E-state index in [1.807, 2.05) is 24.3 Å². The summed E-state index contributed by atoms with van der Waals surface area (Å²) in [7, 11) is 0. The number of ether oxygens (including phenoxy) is 1. The molecule has 0 aliphatic carbocycles. The fraction of sp³-hybridized carbons (Fsp3) is 0.538. The fourth-order valence-electron chi connectivity index (χ4n) is 2.01.